The highest BCUT2D eigenvalue weighted by atomic mass is 33.1. The minimum absolute atomic E-state index is 0.287. The topological polar surface area (TPSA) is 141 Å². The number of unbranched alkanes of at least 4 members (excludes halogenated alkanes) is 9. The van der Waals surface area contributed by atoms with Crippen LogP contribution in [0.4, 0.5) is 0 Å². The second kappa shape index (κ2) is 15.0. The molecule has 0 heterocycles. The first-order chi connectivity index (χ1) is 14.4. The second-order valence-electron chi connectivity index (χ2n) is 7.59. The molecule has 0 amide bonds. The Morgan fingerprint density at radius 2 is 1.52 bits per heavy atom. The SMILES string of the molecule is CCCCCCCCCCCCSS(=O)(=O)C(=S)NS(=O)(=O)C(C)(C#N)CCC(=O)O. The predicted molar refractivity (Wildman–Crippen MR) is 129 cm³/mol. The Morgan fingerprint density at radius 1 is 1.03 bits per heavy atom. The highest BCUT2D eigenvalue weighted by molar-refractivity contribution is 8.78. The number of hydrogen-bond donors (Lipinski definition) is 2. The van der Waals surface area contributed by atoms with Crippen LogP contribution in [0.25, 0.3) is 0 Å². The van der Waals surface area contributed by atoms with Gasteiger partial charge in [-0.15, -0.1) is 0 Å². The summed E-state index contributed by atoms with van der Waals surface area (Å²) in [5.41, 5.74) is 0. The Labute approximate surface area is 195 Å². The van der Waals surface area contributed by atoms with Crippen molar-refractivity contribution in [3.63, 3.8) is 0 Å². The van der Waals surface area contributed by atoms with Crippen LogP contribution < -0.4 is 4.72 Å². The van der Waals surface area contributed by atoms with E-state index in [-0.39, 0.29) is 5.75 Å². The van der Waals surface area contributed by atoms with Crippen LogP contribution in [0.3, 0.4) is 0 Å². The van der Waals surface area contributed by atoms with E-state index in [1.165, 1.54) is 38.5 Å². The minimum Gasteiger partial charge on any atom is -0.481 e. The number of nitrogens with one attached hydrogen (secondary N) is 1. The third-order valence-corrected chi connectivity index (χ3v) is 11.4. The standard InChI is InChI=1S/C19H34N2O6S4/c1-3-4-5-6-7-8-9-10-11-12-15-29-30(24,25)18(28)21-31(26,27)19(2,16-20)14-13-17(22)23/h3-15H2,1-2H3,(H,21,28)(H,22,23). The van der Waals surface area contributed by atoms with E-state index in [1.807, 2.05) is 0 Å². The van der Waals surface area contributed by atoms with Crippen LogP contribution in [-0.2, 0) is 23.7 Å². The molecule has 180 valence electrons. The van der Waals surface area contributed by atoms with Crippen molar-refractivity contribution in [2.45, 2.75) is 95.6 Å². The summed E-state index contributed by atoms with van der Waals surface area (Å²) in [6, 6.07) is 1.55. The molecule has 0 rings (SSSR count). The summed E-state index contributed by atoms with van der Waals surface area (Å²) in [6.45, 7) is 3.22. The van der Waals surface area contributed by atoms with Crippen LogP contribution in [0.15, 0.2) is 0 Å². The van der Waals surface area contributed by atoms with Gasteiger partial charge in [-0.1, -0.05) is 64.7 Å². The monoisotopic (exact) mass is 514 g/mol. The van der Waals surface area contributed by atoms with Crippen molar-refractivity contribution in [2.75, 3.05) is 5.75 Å². The molecule has 31 heavy (non-hydrogen) atoms. The quantitative estimate of drug-likeness (QED) is 0.165. The molecule has 0 aromatic rings. The van der Waals surface area contributed by atoms with Gasteiger partial charge in [0.2, 0.25) is 4.32 Å². The number of nitrogens with zero attached hydrogens (tertiary/aromatic N) is 1. The van der Waals surface area contributed by atoms with Gasteiger partial charge in [-0.3, -0.25) is 9.52 Å². The summed E-state index contributed by atoms with van der Waals surface area (Å²) in [4.78, 5) is 10.7. The molecule has 0 aliphatic heterocycles. The number of aliphatic carboxylic acids is 1. The van der Waals surface area contributed by atoms with Crippen LogP contribution in [0.1, 0.15) is 90.9 Å². The highest BCUT2D eigenvalue weighted by Crippen LogP contribution is 2.24. The van der Waals surface area contributed by atoms with Crippen molar-refractivity contribution in [2.24, 2.45) is 0 Å². The van der Waals surface area contributed by atoms with Crippen LogP contribution in [0.5, 0.6) is 0 Å². The lowest BCUT2D eigenvalue weighted by Gasteiger charge is -2.22. The molecule has 0 fully saturated rings. The van der Waals surface area contributed by atoms with Gasteiger partial charge in [0.25, 0.3) is 18.9 Å². The van der Waals surface area contributed by atoms with E-state index < -0.39 is 46.8 Å². The molecular formula is C19H34N2O6S4. The van der Waals surface area contributed by atoms with Crippen LogP contribution in [0.2, 0.25) is 0 Å². The van der Waals surface area contributed by atoms with E-state index in [2.05, 4.69) is 6.92 Å². The number of thiocarbonyl (C=S) groups is 1. The Morgan fingerprint density at radius 3 is 1.97 bits per heavy atom. The van der Waals surface area contributed by atoms with E-state index in [9.17, 15) is 26.9 Å². The zero-order chi connectivity index (χ0) is 24.0. The van der Waals surface area contributed by atoms with Crippen molar-refractivity contribution < 1.29 is 26.7 Å². The van der Waals surface area contributed by atoms with Gasteiger partial charge in [-0.25, -0.2) is 16.8 Å². The maximum Gasteiger partial charge on any atom is 0.303 e. The number of sulfonamides is 1. The summed E-state index contributed by atoms with van der Waals surface area (Å²) in [6.07, 6.45) is 10.1. The van der Waals surface area contributed by atoms with Gasteiger partial charge in [0.05, 0.1) is 6.07 Å². The molecule has 1 atom stereocenters. The van der Waals surface area contributed by atoms with Crippen LogP contribution >= 0.6 is 23.0 Å². The summed E-state index contributed by atoms with van der Waals surface area (Å²) in [5.74, 6) is -0.978. The molecule has 0 aromatic carbocycles. The summed E-state index contributed by atoms with van der Waals surface area (Å²) >= 11 is 4.74. The van der Waals surface area contributed by atoms with Crippen molar-refractivity contribution in [3.8, 4) is 6.07 Å². The lowest BCUT2D eigenvalue weighted by Crippen LogP contribution is -2.46. The van der Waals surface area contributed by atoms with Crippen molar-refractivity contribution in [3.05, 3.63) is 0 Å². The van der Waals surface area contributed by atoms with Gasteiger partial charge in [0.15, 0.2) is 4.75 Å². The first-order valence-corrected chi connectivity index (χ1v) is 15.4. The van der Waals surface area contributed by atoms with Crippen molar-refractivity contribution in [1.29, 1.82) is 5.26 Å². The van der Waals surface area contributed by atoms with Crippen LogP contribution in [-0.4, -0.2) is 42.7 Å². The maximum atomic E-state index is 12.4. The Hall–Kier alpha value is -0.900. The summed E-state index contributed by atoms with van der Waals surface area (Å²) in [7, 11) is -8.02. The maximum absolute atomic E-state index is 12.4. The smallest absolute Gasteiger partial charge is 0.303 e. The zero-order valence-electron chi connectivity index (χ0n) is 18.3. The molecule has 12 heteroatoms. The molecule has 0 saturated heterocycles. The van der Waals surface area contributed by atoms with Crippen molar-refractivity contribution in [1.82, 2.24) is 4.72 Å². The molecule has 2 N–H and O–H groups in total. The van der Waals surface area contributed by atoms with Gasteiger partial charge in [0.1, 0.15) is 0 Å². The highest BCUT2D eigenvalue weighted by Gasteiger charge is 2.42. The molecule has 0 aliphatic rings. The number of carboxylic acids is 1. The van der Waals surface area contributed by atoms with E-state index in [0.717, 1.165) is 26.2 Å². The molecule has 0 radical (unpaired) electrons. The third kappa shape index (κ3) is 12.1. The molecule has 0 spiro atoms. The van der Waals surface area contributed by atoms with E-state index in [0.29, 0.717) is 17.2 Å². The van der Waals surface area contributed by atoms with Gasteiger partial charge >= 0.3 is 5.97 Å². The van der Waals surface area contributed by atoms with Gasteiger partial charge in [-0.05, 0) is 42.8 Å². The van der Waals surface area contributed by atoms with Gasteiger partial charge in [0, 0.05) is 12.2 Å². The first kappa shape index (κ1) is 30.1. The number of rotatable bonds is 17. The Kier molecular flexibility index (Phi) is 14.6. The van der Waals surface area contributed by atoms with Gasteiger partial charge < -0.3 is 5.11 Å². The summed E-state index contributed by atoms with van der Waals surface area (Å²) in [5, 5.41) is 17.9. The number of hydrogen-bond acceptors (Lipinski definition) is 8. The normalized spacial score (nSPS) is 13.8. The summed E-state index contributed by atoms with van der Waals surface area (Å²) < 4.78 is 48.2. The lowest BCUT2D eigenvalue weighted by molar-refractivity contribution is -0.137. The third-order valence-electron chi connectivity index (χ3n) is 4.83. The number of nitriles is 1. The van der Waals surface area contributed by atoms with E-state index >= 15 is 0 Å². The second-order valence-corrected chi connectivity index (χ2v) is 14.4. The molecular weight excluding hydrogens is 480 g/mol. The minimum atomic E-state index is -4.51. The molecule has 0 aromatic heterocycles. The molecule has 8 nitrogen and oxygen atoms in total. The average molecular weight is 515 g/mol. The van der Waals surface area contributed by atoms with E-state index in [1.54, 1.807) is 10.8 Å². The lowest BCUT2D eigenvalue weighted by atomic mass is 10.1. The first-order valence-electron chi connectivity index (χ1n) is 10.5. The Bertz CT molecular complexity index is 821. The van der Waals surface area contributed by atoms with Gasteiger partial charge in [-0.2, -0.15) is 5.26 Å². The number of carboxylic acid groups (broad SMARTS) is 1. The molecule has 0 bridgehead atoms. The Balaban J connectivity index is 4.40. The molecule has 1 unspecified atom stereocenters. The average Bonchev–Trinajstić information content (AvgIpc) is 2.69. The fraction of sp³-hybridized carbons (Fsp3) is 0.842. The van der Waals surface area contributed by atoms with Crippen LogP contribution in [0, 0.1) is 11.3 Å². The molecule has 0 saturated carbocycles. The fourth-order valence-electron chi connectivity index (χ4n) is 2.68. The predicted octanol–water partition coefficient (Wildman–Crippen LogP) is 4.32. The largest absolute Gasteiger partial charge is 0.481 e. The van der Waals surface area contributed by atoms with Crippen molar-refractivity contribution >= 4 is 52.2 Å². The fourth-order valence-corrected chi connectivity index (χ4v) is 7.40. The van der Waals surface area contributed by atoms with E-state index in [4.69, 9.17) is 17.3 Å². The number of carbonyl (C=O) groups is 1. The molecule has 0 aliphatic carbocycles. The zero-order valence-corrected chi connectivity index (χ0v) is 21.5.